The van der Waals surface area contributed by atoms with E-state index in [2.05, 4.69) is 4.74 Å². The van der Waals surface area contributed by atoms with Crippen LogP contribution in [0.1, 0.15) is 23.7 Å². The number of hydrogen-bond acceptors (Lipinski definition) is 3. The molecule has 0 radical (unpaired) electrons. The number of benzene rings is 1. The van der Waals surface area contributed by atoms with Crippen LogP contribution in [-0.2, 0) is 9.53 Å². The highest BCUT2D eigenvalue weighted by Crippen LogP contribution is 2.25. The SMILES string of the molecule is CC(=O)OCCC(F)(F)C(=O)c1ccc(F)cc1F. The highest BCUT2D eigenvalue weighted by molar-refractivity contribution is 6.01. The summed E-state index contributed by atoms with van der Waals surface area (Å²) in [7, 11) is 0. The van der Waals surface area contributed by atoms with Crippen LogP contribution in [0.3, 0.4) is 0 Å². The van der Waals surface area contributed by atoms with Gasteiger partial charge in [0.05, 0.1) is 18.6 Å². The third kappa shape index (κ3) is 4.04. The molecule has 0 bridgehead atoms. The van der Waals surface area contributed by atoms with E-state index >= 15 is 0 Å². The predicted octanol–water partition coefficient (Wildman–Crippen LogP) is 2.74. The molecule has 3 nitrogen and oxygen atoms in total. The zero-order valence-electron chi connectivity index (χ0n) is 9.88. The molecular weight excluding hydrogens is 268 g/mol. The minimum atomic E-state index is -3.89. The molecule has 0 unspecified atom stereocenters. The third-order valence-electron chi connectivity index (χ3n) is 2.23. The smallest absolute Gasteiger partial charge is 0.313 e. The fraction of sp³-hybridized carbons (Fsp3) is 0.333. The van der Waals surface area contributed by atoms with Crippen molar-refractivity contribution in [3.05, 3.63) is 35.4 Å². The van der Waals surface area contributed by atoms with Crippen molar-refractivity contribution >= 4 is 11.8 Å². The first kappa shape index (κ1) is 15.1. The highest BCUT2D eigenvalue weighted by Gasteiger charge is 2.40. The largest absolute Gasteiger partial charge is 0.466 e. The summed E-state index contributed by atoms with van der Waals surface area (Å²) in [4.78, 5) is 21.8. The normalized spacial score (nSPS) is 11.2. The maximum absolute atomic E-state index is 13.4. The van der Waals surface area contributed by atoms with Gasteiger partial charge < -0.3 is 4.74 Å². The molecule has 0 atom stereocenters. The Bertz CT molecular complexity index is 500. The van der Waals surface area contributed by atoms with Crippen LogP contribution in [0.4, 0.5) is 17.6 Å². The molecule has 0 aliphatic rings. The van der Waals surface area contributed by atoms with Crippen molar-refractivity contribution in [2.45, 2.75) is 19.3 Å². The number of rotatable bonds is 5. The summed E-state index contributed by atoms with van der Waals surface area (Å²) in [5.74, 6) is -8.78. The summed E-state index contributed by atoms with van der Waals surface area (Å²) < 4.78 is 57.0. The number of carbonyl (C=O) groups excluding carboxylic acids is 2. The maximum Gasteiger partial charge on any atom is 0.313 e. The summed E-state index contributed by atoms with van der Waals surface area (Å²) in [5, 5.41) is 0. The van der Waals surface area contributed by atoms with Crippen molar-refractivity contribution < 1.29 is 31.9 Å². The van der Waals surface area contributed by atoms with E-state index in [1.165, 1.54) is 0 Å². The molecule has 104 valence electrons. The Kier molecular flexibility index (Phi) is 4.63. The molecule has 19 heavy (non-hydrogen) atoms. The van der Waals surface area contributed by atoms with Gasteiger partial charge in [-0.05, 0) is 12.1 Å². The van der Waals surface area contributed by atoms with Crippen molar-refractivity contribution in [3.8, 4) is 0 Å². The molecule has 0 heterocycles. The van der Waals surface area contributed by atoms with Gasteiger partial charge in [0, 0.05) is 13.0 Å². The molecular formula is C12H10F4O3. The Balaban J connectivity index is 2.82. The fourth-order valence-corrected chi connectivity index (χ4v) is 1.31. The van der Waals surface area contributed by atoms with E-state index in [9.17, 15) is 27.2 Å². The lowest BCUT2D eigenvalue weighted by Crippen LogP contribution is -2.31. The van der Waals surface area contributed by atoms with E-state index in [1.54, 1.807) is 0 Å². The molecule has 0 saturated carbocycles. The molecule has 0 amide bonds. The summed E-state index contributed by atoms with van der Waals surface area (Å²) in [6.07, 6.45) is -1.07. The van der Waals surface area contributed by atoms with Crippen molar-refractivity contribution in [2.75, 3.05) is 6.61 Å². The van der Waals surface area contributed by atoms with E-state index in [0.29, 0.717) is 18.2 Å². The lowest BCUT2D eigenvalue weighted by molar-refractivity contribution is -0.142. The summed E-state index contributed by atoms with van der Waals surface area (Å²) in [6.45, 7) is 0.358. The first-order chi connectivity index (χ1) is 8.74. The van der Waals surface area contributed by atoms with Crippen LogP contribution in [0.15, 0.2) is 18.2 Å². The van der Waals surface area contributed by atoms with Crippen LogP contribution in [0.25, 0.3) is 0 Å². The van der Waals surface area contributed by atoms with Gasteiger partial charge in [0.25, 0.3) is 0 Å². The molecule has 1 aromatic rings. The third-order valence-corrected chi connectivity index (χ3v) is 2.23. The number of ketones is 1. The van der Waals surface area contributed by atoms with Crippen LogP contribution in [-0.4, -0.2) is 24.3 Å². The van der Waals surface area contributed by atoms with Crippen LogP contribution in [0.5, 0.6) is 0 Å². The second-order valence-electron chi connectivity index (χ2n) is 3.75. The van der Waals surface area contributed by atoms with Crippen molar-refractivity contribution in [2.24, 2.45) is 0 Å². The lowest BCUT2D eigenvalue weighted by Gasteiger charge is -2.15. The van der Waals surface area contributed by atoms with Crippen LogP contribution in [0.2, 0.25) is 0 Å². The first-order valence-electron chi connectivity index (χ1n) is 5.25. The molecule has 7 heteroatoms. The van der Waals surface area contributed by atoms with Gasteiger partial charge in [-0.25, -0.2) is 8.78 Å². The van der Waals surface area contributed by atoms with E-state index < -0.39 is 47.9 Å². The summed E-state index contributed by atoms with van der Waals surface area (Å²) in [5.41, 5.74) is -0.908. The number of carbonyl (C=O) groups is 2. The summed E-state index contributed by atoms with van der Waals surface area (Å²) >= 11 is 0. The quantitative estimate of drug-likeness (QED) is 0.472. The van der Waals surface area contributed by atoms with Gasteiger partial charge in [-0.15, -0.1) is 0 Å². The van der Waals surface area contributed by atoms with Gasteiger partial charge in [-0.3, -0.25) is 9.59 Å². The van der Waals surface area contributed by atoms with Gasteiger partial charge >= 0.3 is 11.9 Å². The number of Topliss-reactive ketones (excluding diaryl/α,β-unsaturated/α-hetero) is 1. The first-order valence-corrected chi connectivity index (χ1v) is 5.25. The summed E-state index contributed by atoms with van der Waals surface area (Å²) in [6, 6.07) is 1.70. The fourth-order valence-electron chi connectivity index (χ4n) is 1.31. The second-order valence-corrected chi connectivity index (χ2v) is 3.75. The lowest BCUT2D eigenvalue weighted by atomic mass is 10.0. The van der Waals surface area contributed by atoms with Gasteiger partial charge in [0.1, 0.15) is 11.6 Å². The standard InChI is InChI=1S/C12H10F4O3/c1-7(17)19-5-4-12(15,16)11(18)9-3-2-8(13)6-10(9)14/h2-3,6H,4-5H2,1H3. The Labute approximate surface area is 106 Å². The number of alkyl halides is 2. The molecule has 0 spiro atoms. The van der Waals surface area contributed by atoms with Crippen molar-refractivity contribution in [1.29, 1.82) is 0 Å². The predicted molar refractivity (Wildman–Crippen MR) is 56.9 cm³/mol. The number of halogens is 4. The Morgan fingerprint density at radius 3 is 2.42 bits per heavy atom. The van der Waals surface area contributed by atoms with E-state index in [-0.39, 0.29) is 0 Å². The highest BCUT2D eigenvalue weighted by atomic mass is 19.3. The number of ether oxygens (including phenoxy) is 1. The van der Waals surface area contributed by atoms with Crippen LogP contribution in [0, 0.1) is 11.6 Å². The Morgan fingerprint density at radius 1 is 1.26 bits per heavy atom. The minimum absolute atomic E-state index is 0.343. The number of hydrogen-bond donors (Lipinski definition) is 0. The van der Waals surface area contributed by atoms with Crippen molar-refractivity contribution in [1.82, 2.24) is 0 Å². The van der Waals surface area contributed by atoms with Crippen LogP contribution < -0.4 is 0 Å². The molecule has 0 aliphatic heterocycles. The zero-order chi connectivity index (χ0) is 14.6. The van der Waals surface area contributed by atoms with Gasteiger partial charge in [-0.2, -0.15) is 8.78 Å². The van der Waals surface area contributed by atoms with E-state index in [4.69, 9.17) is 0 Å². The molecule has 0 N–H and O–H groups in total. The second kappa shape index (κ2) is 5.81. The van der Waals surface area contributed by atoms with Gasteiger partial charge in [0.15, 0.2) is 0 Å². The molecule has 1 rings (SSSR count). The van der Waals surface area contributed by atoms with Crippen LogP contribution >= 0.6 is 0 Å². The minimum Gasteiger partial charge on any atom is -0.466 e. The van der Waals surface area contributed by atoms with Gasteiger partial charge in [0.2, 0.25) is 5.78 Å². The zero-order valence-corrected chi connectivity index (χ0v) is 9.88. The van der Waals surface area contributed by atoms with Gasteiger partial charge in [-0.1, -0.05) is 0 Å². The molecule has 0 aliphatic carbocycles. The van der Waals surface area contributed by atoms with E-state index in [0.717, 1.165) is 6.92 Å². The monoisotopic (exact) mass is 278 g/mol. The average molecular weight is 278 g/mol. The molecule has 1 aromatic carbocycles. The number of esters is 1. The Morgan fingerprint density at radius 2 is 1.89 bits per heavy atom. The topological polar surface area (TPSA) is 43.4 Å². The maximum atomic E-state index is 13.4. The van der Waals surface area contributed by atoms with E-state index in [1.807, 2.05) is 0 Å². The molecule has 0 fully saturated rings. The molecule has 0 aromatic heterocycles. The Hall–Kier alpha value is -1.92. The molecule has 0 saturated heterocycles. The van der Waals surface area contributed by atoms with Crippen molar-refractivity contribution in [3.63, 3.8) is 0 Å². The average Bonchev–Trinajstić information content (AvgIpc) is 2.27.